The Hall–Kier alpha value is -2.11. The van der Waals surface area contributed by atoms with Crippen molar-refractivity contribution in [3.05, 3.63) is 23.9 Å². The van der Waals surface area contributed by atoms with Gasteiger partial charge in [0.1, 0.15) is 0 Å². The molecule has 2 aliphatic rings. The Kier molecular flexibility index (Phi) is 5.56. The molecule has 1 saturated carbocycles. The van der Waals surface area contributed by atoms with Crippen LogP contribution in [0.3, 0.4) is 0 Å². The van der Waals surface area contributed by atoms with Crippen LogP contribution in [0.2, 0.25) is 0 Å². The van der Waals surface area contributed by atoms with Gasteiger partial charge in [-0.25, -0.2) is 4.98 Å². The normalized spacial score (nSPS) is 20.4. The van der Waals surface area contributed by atoms with E-state index in [0.717, 1.165) is 37.8 Å². The molecule has 0 aromatic carbocycles. The van der Waals surface area contributed by atoms with Crippen molar-refractivity contribution in [2.45, 2.75) is 52.2 Å². The maximum Gasteiger partial charge on any atom is 0.225 e. The zero-order valence-corrected chi connectivity index (χ0v) is 15.0. The maximum absolute atomic E-state index is 12.4. The molecule has 3 rings (SSSR count). The third kappa shape index (κ3) is 4.94. The van der Waals surface area contributed by atoms with Crippen molar-refractivity contribution in [3.8, 4) is 5.88 Å². The van der Waals surface area contributed by atoms with E-state index >= 15 is 0 Å². The Morgan fingerprint density at radius 3 is 2.72 bits per heavy atom. The number of pyridine rings is 1. The van der Waals surface area contributed by atoms with Gasteiger partial charge in [0.25, 0.3) is 0 Å². The third-order valence-electron chi connectivity index (χ3n) is 4.65. The van der Waals surface area contributed by atoms with E-state index < -0.39 is 0 Å². The number of hydrogen-bond acceptors (Lipinski definition) is 4. The number of nitrogens with zero attached hydrogens (tertiary/aromatic N) is 2. The van der Waals surface area contributed by atoms with Crippen LogP contribution < -0.4 is 10.1 Å². The number of ether oxygens (including phenoxy) is 1. The van der Waals surface area contributed by atoms with Crippen LogP contribution >= 0.6 is 0 Å². The SMILES string of the molecule is CC(C)Oc1ccc(CNC(=O)[C@H]2CCCN(C(=O)C3CC3)C2)cn1. The molecule has 1 atom stereocenters. The summed E-state index contributed by atoms with van der Waals surface area (Å²) >= 11 is 0. The predicted octanol–water partition coefficient (Wildman–Crippen LogP) is 2.13. The van der Waals surface area contributed by atoms with E-state index in [-0.39, 0.29) is 29.8 Å². The summed E-state index contributed by atoms with van der Waals surface area (Å²) in [6, 6.07) is 3.73. The molecule has 136 valence electrons. The summed E-state index contributed by atoms with van der Waals surface area (Å²) in [5.74, 6) is 0.970. The number of nitrogens with one attached hydrogen (secondary N) is 1. The molecule has 0 bridgehead atoms. The lowest BCUT2D eigenvalue weighted by molar-refractivity contribution is -0.136. The van der Waals surface area contributed by atoms with Gasteiger partial charge < -0.3 is 15.0 Å². The summed E-state index contributed by atoms with van der Waals surface area (Å²) in [7, 11) is 0. The minimum Gasteiger partial charge on any atom is -0.475 e. The van der Waals surface area contributed by atoms with Gasteiger partial charge in [-0.05, 0) is 45.1 Å². The molecule has 6 nitrogen and oxygen atoms in total. The Morgan fingerprint density at radius 1 is 1.28 bits per heavy atom. The Labute approximate surface area is 148 Å². The van der Waals surface area contributed by atoms with Crippen LogP contribution in [0.5, 0.6) is 5.88 Å². The van der Waals surface area contributed by atoms with Crippen molar-refractivity contribution in [2.75, 3.05) is 13.1 Å². The van der Waals surface area contributed by atoms with Crippen molar-refractivity contribution in [1.82, 2.24) is 15.2 Å². The lowest BCUT2D eigenvalue weighted by Crippen LogP contribution is -2.45. The van der Waals surface area contributed by atoms with Gasteiger partial charge in [-0.3, -0.25) is 9.59 Å². The quantitative estimate of drug-likeness (QED) is 0.857. The summed E-state index contributed by atoms with van der Waals surface area (Å²) in [6.45, 7) is 5.70. The number of rotatable bonds is 6. The van der Waals surface area contributed by atoms with Gasteiger partial charge in [0.2, 0.25) is 17.7 Å². The molecule has 0 unspecified atom stereocenters. The van der Waals surface area contributed by atoms with Crippen LogP contribution in [-0.2, 0) is 16.1 Å². The fraction of sp³-hybridized carbons (Fsp3) is 0.632. The number of likely N-dealkylation sites (tertiary alicyclic amines) is 1. The fourth-order valence-electron chi connectivity index (χ4n) is 3.14. The molecular formula is C19H27N3O3. The van der Waals surface area contributed by atoms with Crippen LogP contribution in [-0.4, -0.2) is 40.9 Å². The number of carbonyl (C=O) groups excluding carboxylic acids is 2. The van der Waals surface area contributed by atoms with Crippen molar-refractivity contribution < 1.29 is 14.3 Å². The summed E-state index contributed by atoms with van der Waals surface area (Å²) < 4.78 is 5.51. The van der Waals surface area contributed by atoms with Gasteiger partial charge in [-0.15, -0.1) is 0 Å². The lowest BCUT2D eigenvalue weighted by Gasteiger charge is -2.32. The molecule has 25 heavy (non-hydrogen) atoms. The smallest absolute Gasteiger partial charge is 0.225 e. The monoisotopic (exact) mass is 345 g/mol. The summed E-state index contributed by atoms with van der Waals surface area (Å²) in [4.78, 5) is 30.8. The number of hydrogen-bond donors (Lipinski definition) is 1. The second-order valence-corrected chi connectivity index (χ2v) is 7.29. The molecule has 1 aromatic heterocycles. The first-order chi connectivity index (χ1) is 12.0. The van der Waals surface area contributed by atoms with E-state index in [1.54, 1.807) is 6.20 Å². The van der Waals surface area contributed by atoms with E-state index in [1.807, 2.05) is 30.9 Å². The number of amides is 2. The van der Waals surface area contributed by atoms with Gasteiger partial charge in [0, 0.05) is 37.8 Å². The fourth-order valence-corrected chi connectivity index (χ4v) is 3.14. The average Bonchev–Trinajstić information content (AvgIpc) is 3.45. The molecule has 2 fully saturated rings. The van der Waals surface area contributed by atoms with Gasteiger partial charge in [0.15, 0.2) is 0 Å². The first-order valence-corrected chi connectivity index (χ1v) is 9.21. The molecule has 2 amide bonds. The Balaban J connectivity index is 1.47. The molecule has 0 spiro atoms. The van der Waals surface area contributed by atoms with Gasteiger partial charge in [-0.1, -0.05) is 6.07 Å². The van der Waals surface area contributed by atoms with Crippen LogP contribution in [0.1, 0.15) is 45.1 Å². The summed E-state index contributed by atoms with van der Waals surface area (Å²) in [5.41, 5.74) is 0.936. The third-order valence-corrected chi connectivity index (χ3v) is 4.65. The van der Waals surface area contributed by atoms with Crippen LogP contribution in [0.15, 0.2) is 18.3 Å². The van der Waals surface area contributed by atoms with Crippen molar-refractivity contribution in [2.24, 2.45) is 11.8 Å². The van der Waals surface area contributed by atoms with Crippen molar-refractivity contribution >= 4 is 11.8 Å². The van der Waals surface area contributed by atoms with Crippen molar-refractivity contribution in [1.29, 1.82) is 0 Å². The molecule has 1 aromatic rings. The van der Waals surface area contributed by atoms with Crippen molar-refractivity contribution in [3.63, 3.8) is 0 Å². The highest BCUT2D eigenvalue weighted by Gasteiger charge is 2.36. The molecule has 1 aliphatic carbocycles. The number of carbonyl (C=O) groups is 2. The zero-order valence-electron chi connectivity index (χ0n) is 15.0. The highest BCUT2D eigenvalue weighted by molar-refractivity contribution is 5.83. The molecule has 2 heterocycles. The van der Waals surface area contributed by atoms with Gasteiger partial charge in [0.05, 0.1) is 12.0 Å². The van der Waals surface area contributed by atoms with Gasteiger partial charge in [-0.2, -0.15) is 0 Å². The van der Waals surface area contributed by atoms with Crippen LogP contribution in [0.4, 0.5) is 0 Å². The largest absolute Gasteiger partial charge is 0.475 e. The lowest BCUT2D eigenvalue weighted by atomic mass is 9.96. The molecule has 6 heteroatoms. The topological polar surface area (TPSA) is 71.5 Å². The van der Waals surface area contributed by atoms with Gasteiger partial charge >= 0.3 is 0 Å². The minimum absolute atomic E-state index is 0.0239. The summed E-state index contributed by atoms with van der Waals surface area (Å²) in [6.07, 6.45) is 5.58. The molecular weight excluding hydrogens is 318 g/mol. The van der Waals surface area contributed by atoms with Crippen LogP contribution in [0, 0.1) is 11.8 Å². The Bertz CT molecular complexity index is 611. The molecule has 0 radical (unpaired) electrons. The molecule has 1 saturated heterocycles. The Morgan fingerprint density at radius 2 is 2.08 bits per heavy atom. The first-order valence-electron chi connectivity index (χ1n) is 9.21. The highest BCUT2D eigenvalue weighted by Crippen LogP contribution is 2.32. The second kappa shape index (κ2) is 7.85. The number of aromatic nitrogens is 1. The van der Waals surface area contributed by atoms with E-state index in [4.69, 9.17) is 4.74 Å². The predicted molar refractivity (Wildman–Crippen MR) is 93.9 cm³/mol. The van der Waals surface area contributed by atoms with E-state index in [2.05, 4.69) is 10.3 Å². The first kappa shape index (κ1) is 17.7. The van der Waals surface area contributed by atoms with E-state index in [0.29, 0.717) is 19.0 Å². The standard InChI is InChI=1S/C19H27N3O3/c1-13(2)25-17-8-5-14(10-20-17)11-21-18(23)16-4-3-9-22(12-16)19(24)15-6-7-15/h5,8,10,13,15-16H,3-4,6-7,9,11-12H2,1-2H3,(H,21,23)/t16-/m0/s1. The average molecular weight is 345 g/mol. The zero-order chi connectivity index (χ0) is 17.8. The second-order valence-electron chi connectivity index (χ2n) is 7.29. The summed E-state index contributed by atoms with van der Waals surface area (Å²) in [5, 5.41) is 2.98. The molecule has 1 aliphatic heterocycles. The van der Waals surface area contributed by atoms with E-state index in [1.165, 1.54) is 0 Å². The molecule has 1 N–H and O–H groups in total. The minimum atomic E-state index is -0.104. The van der Waals surface area contributed by atoms with Crippen LogP contribution in [0.25, 0.3) is 0 Å². The highest BCUT2D eigenvalue weighted by atomic mass is 16.5. The number of piperidine rings is 1. The maximum atomic E-state index is 12.4. The van der Waals surface area contributed by atoms with E-state index in [9.17, 15) is 9.59 Å².